The van der Waals surface area contributed by atoms with Crippen molar-refractivity contribution in [3.8, 4) is 0 Å². The van der Waals surface area contributed by atoms with Crippen LogP contribution in [0.1, 0.15) is 42.1 Å². The lowest BCUT2D eigenvalue weighted by Gasteiger charge is -2.18. The van der Waals surface area contributed by atoms with E-state index in [2.05, 4.69) is 24.4 Å². The number of carbonyl (C=O) groups is 2. The van der Waals surface area contributed by atoms with E-state index in [1.807, 2.05) is 54.1 Å². The van der Waals surface area contributed by atoms with Gasteiger partial charge in [-0.25, -0.2) is 4.79 Å². The standard InChI is InChI=1S/C23H26N2O3/c1-4-17(18-10-6-5-7-11-18)14-24-22(26)16(2)28-23(27)20-15-25(3)21-13-9-8-12-19(20)21/h5-13,15-17H,4,14H2,1-3H3,(H,24,26)/t16-,17-/m0/s1. The second-order valence-corrected chi connectivity index (χ2v) is 6.98. The summed E-state index contributed by atoms with van der Waals surface area (Å²) < 4.78 is 7.30. The van der Waals surface area contributed by atoms with Gasteiger partial charge in [0.1, 0.15) is 0 Å². The van der Waals surface area contributed by atoms with Crippen LogP contribution < -0.4 is 5.32 Å². The summed E-state index contributed by atoms with van der Waals surface area (Å²) in [6.07, 6.45) is 1.79. The normalized spacial score (nSPS) is 13.1. The number of rotatable bonds is 7. The van der Waals surface area contributed by atoms with Gasteiger partial charge in [-0.1, -0.05) is 55.5 Å². The summed E-state index contributed by atoms with van der Waals surface area (Å²) in [4.78, 5) is 25.0. The van der Waals surface area contributed by atoms with Gasteiger partial charge >= 0.3 is 5.97 Å². The number of aromatic nitrogens is 1. The molecule has 1 amide bonds. The number of hydrogen-bond donors (Lipinski definition) is 1. The number of fused-ring (bicyclic) bond motifs is 1. The molecule has 5 heteroatoms. The summed E-state index contributed by atoms with van der Waals surface area (Å²) in [7, 11) is 1.88. The number of nitrogens with one attached hydrogen (secondary N) is 1. The van der Waals surface area contributed by atoms with Crippen molar-refractivity contribution in [3.63, 3.8) is 0 Å². The fourth-order valence-electron chi connectivity index (χ4n) is 3.37. The molecule has 0 aliphatic carbocycles. The van der Waals surface area contributed by atoms with Crippen molar-refractivity contribution in [2.75, 3.05) is 6.54 Å². The van der Waals surface area contributed by atoms with Crippen molar-refractivity contribution in [3.05, 3.63) is 71.9 Å². The van der Waals surface area contributed by atoms with Crippen LogP contribution in [0.25, 0.3) is 10.9 Å². The van der Waals surface area contributed by atoms with Crippen molar-refractivity contribution >= 4 is 22.8 Å². The highest BCUT2D eigenvalue weighted by Gasteiger charge is 2.22. The molecule has 2 aromatic carbocycles. The summed E-state index contributed by atoms with van der Waals surface area (Å²) in [5.41, 5.74) is 2.60. The number of aryl methyl sites for hydroxylation is 1. The lowest BCUT2D eigenvalue weighted by Crippen LogP contribution is -2.38. The number of carbonyl (C=O) groups excluding carboxylic acids is 2. The molecule has 5 nitrogen and oxygen atoms in total. The zero-order chi connectivity index (χ0) is 20.1. The summed E-state index contributed by atoms with van der Waals surface area (Å²) in [6, 6.07) is 17.7. The average molecular weight is 378 g/mol. The summed E-state index contributed by atoms with van der Waals surface area (Å²) in [5, 5.41) is 3.73. The van der Waals surface area contributed by atoms with Crippen molar-refractivity contribution in [1.82, 2.24) is 9.88 Å². The molecule has 0 saturated heterocycles. The molecule has 28 heavy (non-hydrogen) atoms. The molecule has 3 aromatic rings. The maximum Gasteiger partial charge on any atom is 0.341 e. The van der Waals surface area contributed by atoms with Crippen LogP contribution >= 0.6 is 0 Å². The Hall–Kier alpha value is -3.08. The third-order valence-electron chi connectivity index (χ3n) is 5.06. The van der Waals surface area contributed by atoms with Crippen molar-refractivity contribution in [2.24, 2.45) is 7.05 Å². The van der Waals surface area contributed by atoms with Crippen LogP contribution in [0, 0.1) is 0 Å². The van der Waals surface area contributed by atoms with Gasteiger partial charge in [0.25, 0.3) is 5.91 Å². The Bertz CT molecular complexity index is 962. The molecule has 0 aliphatic heterocycles. The molecule has 0 saturated carbocycles. The third-order valence-corrected chi connectivity index (χ3v) is 5.06. The minimum Gasteiger partial charge on any atom is -0.449 e. The van der Waals surface area contributed by atoms with E-state index in [0.29, 0.717) is 12.1 Å². The zero-order valence-corrected chi connectivity index (χ0v) is 16.5. The second-order valence-electron chi connectivity index (χ2n) is 6.98. The molecule has 0 spiro atoms. The number of amides is 1. The Balaban J connectivity index is 1.61. The summed E-state index contributed by atoms with van der Waals surface area (Å²) in [5.74, 6) is -0.552. The highest BCUT2D eigenvalue weighted by Crippen LogP contribution is 2.22. The first kappa shape index (κ1) is 19.7. The first-order chi connectivity index (χ1) is 13.5. The Labute approximate surface area is 165 Å². The van der Waals surface area contributed by atoms with Gasteiger partial charge in [-0.2, -0.15) is 0 Å². The van der Waals surface area contributed by atoms with Crippen LogP contribution in [0.5, 0.6) is 0 Å². The molecule has 1 N–H and O–H groups in total. The number of para-hydroxylation sites is 1. The van der Waals surface area contributed by atoms with Gasteiger partial charge in [0.15, 0.2) is 6.10 Å². The molecule has 1 heterocycles. The Morgan fingerprint density at radius 1 is 1.07 bits per heavy atom. The predicted octanol–water partition coefficient (Wildman–Crippen LogP) is 4.03. The average Bonchev–Trinajstić information content (AvgIpc) is 3.06. The highest BCUT2D eigenvalue weighted by atomic mass is 16.5. The van der Waals surface area contributed by atoms with Gasteiger partial charge in [-0.05, 0) is 25.0 Å². The van der Waals surface area contributed by atoms with Crippen LogP contribution in [0.2, 0.25) is 0 Å². The van der Waals surface area contributed by atoms with Gasteiger partial charge in [0.2, 0.25) is 0 Å². The smallest absolute Gasteiger partial charge is 0.341 e. The quantitative estimate of drug-likeness (QED) is 0.632. The van der Waals surface area contributed by atoms with Crippen LogP contribution in [0.15, 0.2) is 60.8 Å². The summed E-state index contributed by atoms with van der Waals surface area (Å²) in [6.45, 7) is 4.20. The predicted molar refractivity (Wildman–Crippen MR) is 110 cm³/mol. The molecule has 2 atom stereocenters. The summed E-state index contributed by atoms with van der Waals surface area (Å²) >= 11 is 0. The maximum absolute atomic E-state index is 12.6. The first-order valence-corrected chi connectivity index (χ1v) is 9.59. The largest absolute Gasteiger partial charge is 0.449 e. The van der Waals surface area contributed by atoms with Crippen molar-refractivity contribution < 1.29 is 14.3 Å². The van der Waals surface area contributed by atoms with E-state index in [1.165, 1.54) is 5.56 Å². The minimum absolute atomic E-state index is 0.228. The topological polar surface area (TPSA) is 60.3 Å². The molecule has 0 bridgehead atoms. The van der Waals surface area contributed by atoms with E-state index in [-0.39, 0.29) is 11.8 Å². The van der Waals surface area contributed by atoms with Gasteiger partial charge < -0.3 is 14.6 Å². The van der Waals surface area contributed by atoms with E-state index >= 15 is 0 Å². The fraction of sp³-hybridized carbons (Fsp3) is 0.304. The van der Waals surface area contributed by atoms with Crippen molar-refractivity contribution in [1.29, 1.82) is 0 Å². The Morgan fingerprint density at radius 3 is 2.46 bits per heavy atom. The van der Waals surface area contributed by atoms with E-state index in [4.69, 9.17) is 4.74 Å². The molecule has 1 aromatic heterocycles. The molecule has 3 rings (SSSR count). The lowest BCUT2D eigenvalue weighted by atomic mass is 9.96. The van der Waals surface area contributed by atoms with Crippen molar-refractivity contribution in [2.45, 2.75) is 32.3 Å². The van der Waals surface area contributed by atoms with E-state index in [9.17, 15) is 9.59 Å². The Morgan fingerprint density at radius 2 is 1.75 bits per heavy atom. The monoisotopic (exact) mass is 378 g/mol. The van der Waals surface area contributed by atoms with Crippen LogP contribution in [0.4, 0.5) is 0 Å². The molecule has 0 unspecified atom stereocenters. The maximum atomic E-state index is 12.6. The molecular formula is C23H26N2O3. The van der Waals surface area contributed by atoms with Gasteiger partial charge in [0.05, 0.1) is 5.56 Å². The lowest BCUT2D eigenvalue weighted by molar-refractivity contribution is -0.129. The van der Waals surface area contributed by atoms with E-state index in [1.54, 1.807) is 13.1 Å². The van der Waals surface area contributed by atoms with E-state index < -0.39 is 12.1 Å². The number of hydrogen-bond acceptors (Lipinski definition) is 3. The highest BCUT2D eigenvalue weighted by molar-refractivity contribution is 6.05. The molecule has 146 valence electrons. The van der Waals surface area contributed by atoms with Crippen LogP contribution in [-0.2, 0) is 16.6 Å². The minimum atomic E-state index is -0.861. The fourth-order valence-corrected chi connectivity index (χ4v) is 3.37. The van der Waals surface area contributed by atoms with Crippen LogP contribution in [0.3, 0.4) is 0 Å². The Kier molecular flexibility index (Phi) is 6.14. The van der Waals surface area contributed by atoms with Crippen LogP contribution in [-0.4, -0.2) is 29.1 Å². The third kappa shape index (κ3) is 4.25. The van der Waals surface area contributed by atoms with Gasteiger partial charge in [-0.3, -0.25) is 4.79 Å². The zero-order valence-electron chi connectivity index (χ0n) is 16.5. The number of ether oxygens (including phenoxy) is 1. The number of benzene rings is 2. The van der Waals surface area contributed by atoms with Gasteiger partial charge in [0, 0.05) is 36.6 Å². The number of esters is 1. The number of nitrogens with zero attached hydrogens (tertiary/aromatic N) is 1. The molecule has 0 radical (unpaired) electrons. The first-order valence-electron chi connectivity index (χ1n) is 9.59. The molecular weight excluding hydrogens is 352 g/mol. The SMILES string of the molecule is CC[C@@H](CNC(=O)[C@H](C)OC(=O)c1cn(C)c2ccccc12)c1ccccc1. The molecule has 0 fully saturated rings. The van der Waals surface area contributed by atoms with Gasteiger partial charge in [-0.15, -0.1) is 0 Å². The van der Waals surface area contributed by atoms with E-state index in [0.717, 1.165) is 17.3 Å². The second kappa shape index (κ2) is 8.74. The molecule has 0 aliphatic rings.